The predicted octanol–water partition coefficient (Wildman–Crippen LogP) is 4.15. The summed E-state index contributed by atoms with van der Waals surface area (Å²) in [4.78, 5) is 2.15. The van der Waals surface area contributed by atoms with E-state index in [1.165, 1.54) is 6.07 Å². The first-order chi connectivity index (χ1) is 12.2. The fraction of sp³-hybridized carbons (Fsp3) is 0.429. The van der Waals surface area contributed by atoms with Gasteiger partial charge in [-0.1, -0.05) is 30.3 Å². The SMILES string of the molecule is CCN(Cc1ccc(B2OC(C)(C)C(C)(C)O2)cc1)c1cccc(F)c1. The highest BCUT2D eigenvalue weighted by molar-refractivity contribution is 6.62. The van der Waals surface area contributed by atoms with E-state index in [4.69, 9.17) is 9.31 Å². The summed E-state index contributed by atoms with van der Waals surface area (Å²) in [6.45, 7) is 11.8. The molecule has 1 saturated heterocycles. The van der Waals surface area contributed by atoms with Crippen LogP contribution in [0.4, 0.5) is 10.1 Å². The highest BCUT2D eigenvalue weighted by Crippen LogP contribution is 2.36. The monoisotopic (exact) mass is 355 g/mol. The third-order valence-electron chi connectivity index (χ3n) is 5.43. The molecule has 0 spiro atoms. The van der Waals surface area contributed by atoms with Crippen LogP contribution in [0.1, 0.15) is 40.2 Å². The van der Waals surface area contributed by atoms with Crippen LogP contribution in [0, 0.1) is 5.82 Å². The van der Waals surface area contributed by atoms with Gasteiger partial charge in [0.05, 0.1) is 11.2 Å². The normalized spacial score (nSPS) is 18.2. The van der Waals surface area contributed by atoms with E-state index in [0.717, 1.165) is 29.8 Å². The van der Waals surface area contributed by atoms with Crippen LogP contribution in [-0.2, 0) is 15.9 Å². The third-order valence-corrected chi connectivity index (χ3v) is 5.43. The van der Waals surface area contributed by atoms with Gasteiger partial charge in [-0.2, -0.15) is 0 Å². The third kappa shape index (κ3) is 3.79. The standard InChI is InChI=1S/C21H27BFNO2/c1-6-24(19-9-7-8-18(23)14-19)15-16-10-12-17(13-11-16)22-25-20(2,3)21(4,5)26-22/h7-14H,6,15H2,1-5H3. The summed E-state index contributed by atoms with van der Waals surface area (Å²) in [5.74, 6) is -0.211. The van der Waals surface area contributed by atoms with Gasteiger partial charge in [0.15, 0.2) is 0 Å². The van der Waals surface area contributed by atoms with E-state index < -0.39 is 0 Å². The van der Waals surface area contributed by atoms with E-state index in [1.807, 2.05) is 6.07 Å². The number of benzene rings is 2. The summed E-state index contributed by atoms with van der Waals surface area (Å²) in [6.07, 6.45) is 0. The fourth-order valence-corrected chi connectivity index (χ4v) is 3.04. The van der Waals surface area contributed by atoms with Gasteiger partial charge in [-0.25, -0.2) is 4.39 Å². The van der Waals surface area contributed by atoms with E-state index in [1.54, 1.807) is 12.1 Å². The first-order valence-corrected chi connectivity index (χ1v) is 9.17. The largest absolute Gasteiger partial charge is 0.494 e. The van der Waals surface area contributed by atoms with Crippen LogP contribution in [-0.4, -0.2) is 24.9 Å². The topological polar surface area (TPSA) is 21.7 Å². The zero-order valence-corrected chi connectivity index (χ0v) is 16.3. The minimum absolute atomic E-state index is 0.211. The zero-order valence-electron chi connectivity index (χ0n) is 16.3. The van der Waals surface area contributed by atoms with E-state index in [0.29, 0.717) is 0 Å². The maximum absolute atomic E-state index is 13.5. The Balaban J connectivity index is 1.72. The number of nitrogens with zero attached hydrogens (tertiary/aromatic N) is 1. The zero-order chi connectivity index (χ0) is 18.9. The van der Waals surface area contributed by atoms with Gasteiger partial charge in [0, 0.05) is 18.8 Å². The van der Waals surface area contributed by atoms with Gasteiger partial charge in [0.2, 0.25) is 0 Å². The van der Waals surface area contributed by atoms with Gasteiger partial charge in [-0.05, 0) is 63.8 Å². The molecule has 1 aliphatic rings. The van der Waals surface area contributed by atoms with Crippen molar-refractivity contribution in [2.24, 2.45) is 0 Å². The van der Waals surface area contributed by atoms with Crippen molar-refractivity contribution >= 4 is 18.3 Å². The summed E-state index contributed by atoms with van der Waals surface area (Å²) in [5.41, 5.74) is 2.39. The number of hydrogen-bond donors (Lipinski definition) is 0. The van der Waals surface area contributed by atoms with Gasteiger partial charge < -0.3 is 14.2 Å². The summed E-state index contributed by atoms with van der Waals surface area (Å²) in [6, 6.07) is 15.0. The second-order valence-corrected chi connectivity index (χ2v) is 7.82. The quantitative estimate of drug-likeness (QED) is 0.752. The lowest BCUT2D eigenvalue weighted by Gasteiger charge is -2.32. The molecular weight excluding hydrogens is 328 g/mol. The summed E-state index contributed by atoms with van der Waals surface area (Å²) in [5, 5.41) is 0. The van der Waals surface area contributed by atoms with Crippen molar-refractivity contribution in [2.75, 3.05) is 11.4 Å². The number of anilines is 1. The Labute approximate surface area is 156 Å². The minimum Gasteiger partial charge on any atom is -0.399 e. The van der Waals surface area contributed by atoms with E-state index in [9.17, 15) is 4.39 Å². The van der Waals surface area contributed by atoms with Crippen molar-refractivity contribution in [1.82, 2.24) is 0 Å². The Morgan fingerprint density at radius 2 is 1.58 bits per heavy atom. The van der Waals surface area contributed by atoms with E-state index in [-0.39, 0.29) is 24.1 Å². The second kappa shape index (κ2) is 7.05. The van der Waals surface area contributed by atoms with Crippen LogP contribution in [0.3, 0.4) is 0 Å². The molecule has 0 bridgehead atoms. The molecule has 0 radical (unpaired) electrons. The lowest BCUT2D eigenvalue weighted by atomic mass is 9.79. The molecule has 3 rings (SSSR count). The molecule has 2 aromatic rings. The van der Waals surface area contributed by atoms with Gasteiger partial charge >= 0.3 is 7.12 Å². The van der Waals surface area contributed by atoms with Crippen LogP contribution in [0.15, 0.2) is 48.5 Å². The smallest absolute Gasteiger partial charge is 0.399 e. The molecule has 0 saturated carbocycles. The Morgan fingerprint density at radius 3 is 2.12 bits per heavy atom. The predicted molar refractivity (Wildman–Crippen MR) is 105 cm³/mol. The van der Waals surface area contributed by atoms with Gasteiger partial charge in [0.25, 0.3) is 0 Å². The van der Waals surface area contributed by atoms with Crippen molar-refractivity contribution in [2.45, 2.75) is 52.4 Å². The van der Waals surface area contributed by atoms with Crippen LogP contribution in [0.5, 0.6) is 0 Å². The van der Waals surface area contributed by atoms with Crippen molar-refractivity contribution < 1.29 is 13.7 Å². The van der Waals surface area contributed by atoms with Crippen molar-refractivity contribution in [3.05, 3.63) is 59.9 Å². The molecule has 0 N–H and O–H groups in total. The molecule has 2 aromatic carbocycles. The minimum atomic E-state index is -0.348. The van der Waals surface area contributed by atoms with E-state index >= 15 is 0 Å². The number of halogens is 1. The van der Waals surface area contributed by atoms with Gasteiger partial charge in [-0.3, -0.25) is 0 Å². The average Bonchev–Trinajstić information content (AvgIpc) is 2.81. The van der Waals surface area contributed by atoms with Crippen molar-refractivity contribution in [3.63, 3.8) is 0 Å². The molecule has 0 atom stereocenters. The molecule has 1 heterocycles. The Hall–Kier alpha value is -1.85. The summed E-state index contributed by atoms with van der Waals surface area (Å²) < 4.78 is 25.7. The van der Waals surface area contributed by atoms with Crippen molar-refractivity contribution in [3.8, 4) is 0 Å². The molecule has 0 aliphatic carbocycles. The van der Waals surface area contributed by atoms with Crippen LogP contribution < -0.4 is 10.4 Å². The van der Waals surface area contributed by atoms with Crippen LogP contribution >= 0.6 is 0 Å². The Bertz CT molecular complexity index is 745. The van der Waals surface area contributed by atoms with Crippen LogP contribution in [0.25, 0.3) is 0 Å². The molecule has 5 heteroatoms. The first-order valence-electron chi connectivity index (χ1n) is 9.17. The Kier molecular flexibility index (Phi) is 5.13. The summed E-state index contributed by atoms with van der Waals surface area (Å²) >= 11 is 0. The summed E-state index contributed by atoms with van der Waals surface area (Å²) in [7, 11) is -0.348. The average molecular weight is 355 g/mol. The molecule has 1 fully saturated rings. The molecule has 26 heavy (non-hydrogen) atoms. The van der Waals surface area contributed by atoms with Gasteiger partial charge in [-0.15, -0.1) is 0 Å². The number of hydrogen-bond acceptors (Lipinski definition) is 3. The molecular formula is C21H27BFNO2. The highest BCUT2D eigenvalue weighted by Gasteiger charge is 2.51. The molecule has 0 aromatic heterocycles. The second-order valence-electron chi connectivity index (χ2n) is 7.82. The lowest BCUT2D eigenvalue weighted by Crippen LogP contribution is -2.41. The molecule has 138 valence electrons. The maximum Gasteiger partial charge on any atom is 0.494 e. The molecule has 0 amide bonds. The highest BCUT2D eigenvalue weighted by atomic mass is 19.1. The van der Waals surface area contributed by atoms with E-state index in [2.05, 4.69) is 63.8 Å². The lowest BCUT2D eigenvalue weighted by molar-refractivity contribution is 0.00578. The molecule has 1 aliphatic heterocycles. The first kappa shape index (κ1) is 18.9. The molecule has 3 nitrogen and oxygen atoms in total. The van der Waals surface area contributed by atoms with Crippen molar-refractivity contribution in [1.29, 1.82) is 0 Å². The fourth-order valence-electron chi connectivity index (χ4n) is 3.04. The van der Waals surface area contributed by atoms with Gasteiger partial charge in [0.1, 0.15) is 5.82 Å². The Morgan fingerprint density at radius 1 is 0.962 bits per heavy atom. The molecule has 0 unspecified atom stereocenters. The van der Waals surface area contributed by atoms with Crippen LogP contribution in [0.2, 0.25) is 0 Å². The number of rotatable bonds is 5. The maximum atomic E-state index is 13.5.